The van der Waals surface area contributed by atoms with Gasteiger partial charge in [0.25, 0.3) is 0 Å². The maximum atomic E-state index is 13.1. The lowest BCUT2D eigenvalue weighted by Crippen LogP contribution is -2.20. The first-order chi connectivity index (χ1) is 11.4. The van der Waals surface area contributed by atoms with E-state index in [0.29, 0.717) is 27.8 Å². The number of carbonyl (C=O) groups excluding carboxylic acids is 2. The van der Waals surface area contributed by atoms with Gasteiger partial charge in [0, 0.05) is 10.7 Å². The highest BCUT2D eigenvalue weighted by atomic mass is 35.5. The van der Waals surface area contributed by atoms with Crippen molar-refractivity contribution in [2.24, 2.45) is 11.8 Å². The lowest BCUT2D eigenvalue weighted by atomic mass is 10.2. The van der Waals surface area contributed by atoms with E-state index in [1.807, 2.05) is 0 Å². The zero-order chi connectivity index (χ0) is 17.3. The van der Waals surface area contributed by atoms with Gasteiger partial charge in [-0.2, -0.15) is 0 Å². The summed E-state index contributed by atoms with van der Waals surface area (Å²) >= 11 is 11.8. The molecule has 124 valence electrons. The number of rotatable bonds is 4. The Kier molecular flexibility index (Phi) is 4.73. The number of hydrogen-bond acceptors (Lipinski definition) is 2. The van der Waals surface area contributed by atoms with Crippen LogP contribution in [-0.4, -0.2) is 11.8 Å². The maximum Gasteiger partial charge on any atom is 0.228 e. The van der Waals surface area contributed by atoms with Crippen LogP contribution in [0.3, 0.4) is 0 Å². The summed E-state index contributed by atoms with van der Waals surface area (Å²) in [5, 5.41) is 6.10. The summed E-state index contributed by atoms with van der Waals surface area (Å²) in [7, 11) is 0. The predicted molar refractivity (Wildman–Crippen MR) is 91.7 cm³/mol. The van der Waals surface area contributed by atoms with Crippen LogP contribution in [0.4, 0.5) is 15.8 Å². The van der Waals surface area contributed by atoms with Gasteiger partial charge in [-0.1, -0.05) is 29.3 Å². The van der Waals surface area contributed by atoms with Gasteiger partial charge in [-0.3, -0.25) is 9.59 Å². The quantitative estimate of drug-likeness (QED) is 0.844. The number of benzene rings is 2. The Morgan fingerprint density at radius 1 is 1.00 bits per heavy atom. The van der Waals surface area contributed by atoms with E-state index in [9.17, 15) is 14.0 Å². The molecule has 7 heteroatoms. The molecule has 0 heterocycles. The third kappa shape index (κ3) is 3.86. The molecule has 1 fully saturated rings. The Bertz CT molecular complexity index is 813. The molecule has 0 bridgehead atoms. The van der Waals surface area contributed by atoms with Gasteiger partial charge in [-0.05, 0) is 42.8 Å². The molecule has 0 spiro atoms. The highest BCUT2D eigenvalue weighted by molar-refractivity contribution is 6.36. The molecule has 24 heavy (non-hydrogen) atoms. The summed E-state index contributed by atoms with van der Waals surface area (Å²) in [5.74, 6) is -1.87. The molecule has 1 aliphatic rings. The molecule has 1 aliphatic carbocycles. The second kappa shape index (κ2) is 6.79. The van der Waals surface area contributed by atoms with Crippen molar-refractivity contribution in [3.05, 3.63) is 58.3 Å². The fourth-order valence-corrected chi connectivity index (χ4v) is 2.85. The molecule has 2 amide bonds. The van der Waals surface area contributed by atoms with Gasteiger partial charge in [0.15, 0.2) is 0 Å². The van der Waals surface area contributed by atoms with Crippen molar-refractivity contribution in [2.75, 3.05) is 10.6 Å². The van der Waals surface area contributed by atoms with Crippen LogP contribution in [0.5, 0.6) is 0 Å². The standard InChI is InChI=1S/C17H13Cl2FN2O2/c18-9-4-5-15(14(19)6-9)22-17(24)13-8-12(13)16(23)21-11-3-1-2-10(20)7-11/h1-7,12-13H,8H2,(H,21,23)(H,22,24). The van der Waals surface area contributed by atoms with E-state index in [-0.39, 0.29) is 11.8 Å². The average Bonchev–Trinajstić information content (AvgIpc) is 3.31. The van der Waals surface area contributed by atoms with E-state index in [4.69, 9.17) is 23.2 Å². The second-order valence-corrected chi connectivity index (χ2v) is 6.41. The lowest BCUT2D eigenvalue weighted by Gasteiger charge is -2.08. The summed E-state index contributed by atoms with van der Waals surface area (Å²) in [6.45, 7) is 0. The summed E-state index contributed by atoms with van der Waals surface area (Å²) in [5.41, 5.74) is 0.814. The summed E-state index contributed by atoms with van der Waals surface area (Å²) in [6, 6.07) is 10.4. The molecule has 3 rings (SSSR count). The molecule has 0 saturated heterocycles. The molecule has 2 unspecified atom stereocenters. The Morgan fingerprint density at radius 2 is 1.71 bits per heavy atom. The Morgan fingerprint density at radius 3 is 2.38 bits per heavy atom. The van der Waals surface area contributed by atoms with Crippen molar-refractivity contribution in [1.82, 2.24) is 0 Å². The van der Waals surface area contributed by atoms with E-state index >= 15 is 0 Å². The van der Waals surface area contributed by atoms with Gasteiger partial charge in [0.05, 0.1) is 22.5 Å². The predicted octanol–water partition coefficient (Wildman–Crippen LogP) is 4.35. The molecule has 2 N–H and O–H groups in total. The van der Waals surface area contributed by atoms with Crippen LogP contribution in [0.15, 0.2) is 42.5 Å². The third-order valence-corrected chi connectivity index (χ3v) is 4.29. The van der Waals surface area contributed by atoms with E-state index in [1.165, 1.54) is 24.3 Å². The molecule has 1 saturated carbocycles. The van der Waals surface area contributed by atoms with Crippen molar-refractivity contribution in [2.45, 2.75) is 6.42 Å². The number of halogens is 3. The topological polar surface area (TPSA) is 58.2 Å². The number of carbonyl (C=O) groups is 2. The van der Waals surface area contributed by atoms with E-state index in [2.05, 4.69) is 10.6 Å². The molecule has 4 nitrogen and oxygen atoms in total. The first-order valence-corrected chi connectivity index (χ1v) is 8.02. The van der Waals surface area contributed by atoms with Crippen molar-refractivity contribution in [3.63, 3.8) is 0 Å². The minimum atomic E-state index is -0.435. The van der Waals surface area contributed by atoms with Gasteiger partial charge in [-0.25, -0.2) is 4.39 Å². The first-order valence-electron chi connectivity index (χ1n) is 7.26. The average molecular weight is 367 g/mol. The molecule has 0 radical (unpaired) electrons. The number of anilines is 2. The van der Waals surface area contributed by atoms with Crippen LogP contribution in [0.1, 0.15) is 6.42 Å². The van der Waals surface area contributed by atoms with Gasteiger partial charge in [0.2, 0.25) is 11.8 Å². The van der Waals surface area contributed by atoms with E-state index in [0.717, 1.165) is 0 Å². The van der Waals surface area contributed by atoms with Crippen molar-refractivity contribution < 1.29 is 14.0 Å². The highest BCUT2D eigenvalue weighted by Crippen LogP contribution is 2.40. The zero-order valence-electron chi connectivity index (χ0n) is 12.4. The van der Waals surface area contributed by atoms with Gasteiger partial charge < -0.3 is 10.6 Å². The molecule has 0 aromatic heterocycles. The maximum absolute atomic E-state index is 13.1. The SMILES string of the molecule is O=C(Nc1cccc(F)c1)C1CC1C(=O)Nc1ccc(Cl)cc1Cl. The molecule has 2 aromatic carbocycles. The van der Waals surface area contributed by atoms with Crippen LogP contribution < -0.4 is 10.6 Å². The summed E-state index contributed by atoms with van der Waals surface area (Å²) in [6.07, 6.45) is 0.443. The van der Waals surface area contributed by atoms with Crippen LogP contribution in [0.2, 0.25) is 10.0 Å². The Labute approximate surface area is 148 Å². The fraction of sp³-hybridized carbons (Fsp3) is 0.176. The van der Waals surface area contributed by atoms with E-state index in [1.54, 1.807) is 18.2 Å². The summed E-state index contributed by atoms with van der Waals surface area (Å²) in [4.78, 5) is 24.3. The zero-order valence-corrected chi connectivity index (χ0v) is 13.9. The number of hydrogen-bond donors (Lipinski definition) is 2. The largest absolute Gasteiger partial charge is 0.326 e. The van der Waals surface area contributed by atoms with Crippen molar-refractivity contribution in [3.8, 4) is 0 Å². The normalized spacial score (nSPS) is 18.8. The molecule has 0 aliphatic heterocycles. The van der Waals surface area contributed by atoms with Crippen LogP contribution in [0.25, 0.3) is 0 Å². The molecule has 2 aromatic rings. The van der Waals surface area contributed by atoms with Gasteiger partial charge in [0.1, 0.15) is 5.82 Å². The van der Waals surface area contributed by atoms with Gasteiger partial charge in [-0.15, -0.1) is 0 Å². The Balaban J connectivity index is 1.58. The molecule has 2 atom stereocenters. The Hall–Kier alpha value is -2.11. The monoisotopic (exact) mass is 366 g/mol. The smallest absolute Gasteiger partial charge is 0.228 e. The van der Waals surface area contributed by atoms with Gasteiger partial charge >= 0.3 is 0 Å². The van der Waals surface area contributed by atoms with E-state index < -0.39 is 17.7 Å². The third-order valence-electron chi connectivity index (χ3n) is 3.75. The van der Waals surface area contributed by atoms with Crippen molar-refractivity contribution in [1.29, 1.82) is 0 Å². The highest BCUT2D eigenvalue weighted by Gasteiger charge is 2.48. The van der Waals surface area contributed by atoms with Crippen molar-refractivity contribution >= 4 is 46.4 Å². The number of amides is 2. The van der Waals surface area contributed by atoms with Crippen LogP contribution >= 0.6 is 23.2 Å². The fourth-order valence-electron chi connectivity index (χ4n) is 2.39. The molecular weight excluding hydrogens is 354 g/mol. The minimum Gasteiger partial charge on any atom is -0.326 e. The van der Waals surface area contributed by atoms with Crippen LogP contribution in [0, 0.1) is 17.7 Å². The van der Waals surface area contributed by atoms with Crippen LogP contribution in [-0.2, 0) is 9.59 Å². The minimum absolute atomic E-state index is 0.279. The second-order valence-electron chi connectivity index (χ2n) is 5.56. The molecular formula is C17H13Cl2FN2O2. The first kappa shape index (κ1) is 16.7. The summed E-state index contributed by atoms with van der Waals surface area (Å²) < 4.78 is 13.1. The number of nitrogens with one attached hydrogen (secondary N) is 2. The lowest BCUT2D eigenvalue weighted by molar-refractivity contribution is -0.122.